The van der Waals surface area contributed by atoms with E-state index in [2.05, 4.69) is 10.6 Å². The van der Waals surface area contributed by atoms with Gasteiger partial charge in [0.2, 0.25) is 5.91 Å². The fraction of sp³-hybridized carbons (Fsp3) is 0.176. The van der Waals surface area contributed by atoms with Crippen molar-refractivity contribution >= 4 is 11.6 Å². The van der Waals surface area contributed by atoms with Crippen molar-refractivity contribution in [3.05, 3.63) is 65.7 Å². The van der Waals surface area contributed by atoms with E-state index in [1.165, 1.54) is 0 Å². The van der Waals surface area contributed by atoms with Crippen LogP contribution >= 0.6 is 0 Å². The van der Waals surface area contributed by atoms with Crippen molar-refractivity contribution in [3.63, 3.8) is 0 Å². The molecular formula is C17H17N3O. The molecule has 2 N–H and O–H groups in total. The minimum atomic E-state index is -0.132. The molecule has 0 saturated carbocycles. The van der Waals surface area contributed by atoms with Gasteiger partial charge in [-0.1, -0.05) is 36.4 Å². The van der Waals surface area contributed by atoms with Gasteiger partial charge >= 0.3 is 0 Å². The Bertz CT molecular complexity index is 647. The third-order valence-corrected chi connectivity index (χ3v) is 3.14. The number of anilines is 1. The maximum Gasteiger partial charge on any atom is 0.238 e. The third-order valence-electron chi connectivity index (χ3n) is 3.14. The van der Waals surface area contributed by atoms with Crippen LogP contribution in [0.2, 0.25) is 0 Å². The first-order valence-corrected chi connectivity index (χ1v) is 6.77. The normalized spacial score (nSPS) is 11.4. The Morgan fingerprint density at radius 2 is 1.95 bits per heavy atom. The maximum absolute atomic E-state index is 11.9. The van der Waals surface area contributed by atoms with Gasteiger partial charge in [-0.05, 0) is 30.7 Å². The quantitative estimate of drug-likeness (QED) is 0.884. The van der Waals surface area contributed by atoms with Gasteiger partial charge in [0.25, 0.3) is 0 Å². The summed E-state index contributed by atoms with van der Waals surface area (Å²) in [5.74, 6) is -0.132. The van der Waals surface area contributed by atoms with Gasteiger partial charge in [0, 0.05) is 11.7 Å². The molecule has 1 atom stereocenters. The van der Waals surface area contributed by atoms with Crippen LogP contribution in [-0.4, -0.2) is 12.5 Å². The van der Waals surface area contributed by atoms with Crippen LogP contribution in [0.25, 0.3) is 0 Å². The Kier molecular flexibility index (Phi) is 5.08. The summed E-state index contributed by atoms with van der Waals surface area (Å²) in [6.45, 7) is 2.23. The van der Waals surface area contributed by atoms with Crippen LogP contribution in [0.3, 0.4) is 0 Å². The number of hydrogen-bond acceptors (Lipinski definition) is 3. The fourth-order valence-corrected chi connectivity index (χ4v) is 1.98. The van der Waals surface area contributed by atoms with Crippen molar-refractivity contribution < 1.29 is 4.79 Å². The number of nitrogens with zero attached hydrogens (tertiary/aromatic N) is 1. The van der Waals surface area contributed by atoms with Crippen molar-refractivity contribution in [1.82, 2.24) is 5.32 Å². The molecule has 0 unspecified atom stereocenters. The molecule has 0 spiro atoms. The highest BCUT2D eigenvalue weighted by atomic mass is 16.1. The second-order valence-electron chi connectivity index (χ2n) is 4.75. The van der Waals surface area contributed by atoms with Gasteiger partial charge in [0.1, 0.15) is 0 Å². The molecule has 2 aromatic rings. The largest absolute Gasteiger partial charge is 0.325 e. The molecule has 106 valence electrons. The fourth-order valence-electron chi connectivity index (χ4n) is 1.98. The third kappa shape index (κ3) is 4.44. The number of amides is 1. The van der Waals surface area contributed by atoms with E-state index in [0.29, 0.717) is 11.3 Å². The first kappa shape index (κ1) is 14.8. The zero-order chi connectivity index (χ0) is 15.1. The summed E-state index contributed by atoms with van der Waals surface area (Å²) in [5, 5.41) is 14.8. The van der Waals surface area contributed by atoms with Gasteiger partial charge in [0.15, 0.2) is 0 Å². The van der Waals surface area contributed by atoms with E-state index >= 15 is 0 Å². The predicted molar refractivity (Wildman–Crippen MR) is 82.6 cm³/mol. The van der Waals surface area contributed by atoms with Crippen LogP contribution in [0.5, 0.6) is 0 Å². The smallest absolute Gasteiger partial charge is 0.238 e. The van der Waals surface area contributed by atoms with Crippen molar-refractivity contribution in [2.24, 2.45) is 0 Å². The highest BCUT2D eigenvalue weighted by Gasteiger charge is 2.07. The van der Waals surface area contributed by atoms with E-state index in [-0.39, 0.29) is 18.5 Å². The average molecular weight is 279 g/mol. The minimum absolute atomic E-state index is 0.0994. The molecule has 0 aliphatic heterocycles. The Hall–Kier alpha value is -2.64. The molecule has 0 aliphatic carbocycles. The molecule has 4 heteroatoms. The molecule has 0 aliphatic rings. The van der Waals surface area contributed by atoms with Crippen molar-refractivity contribution in [2.45, 2.75) is 13.0 Å². The maximum atomic E-state index is 11.9. The lowest BCUT2D eigenvalue weighted by atomic mass is 10.1. The standard InChI is InChI=1S/C17H17N3O/c1-13(15-7-3-2-4-8-15)19-12-17(21)20-16-9-5-6-14(10-16)11-18/h2-10,13,19H,12H2,1H3,(H,20,21)/t13-/m1/s1. The first-order chi connectivity index (χ1) is 10.2. The summed E-state index contributed by atoms with van der Waals surface area (Å²) >= 11 is 0. The van der Waals surface area contributed by atoms with E-state index < -0.39 is 0 Å². The number of hydrogen-bond donors (Lipinski definition) is 2. The molecule has 0 radical (unpaired) electrons. The van der Waals surface area contributed by atoms with Gasteiger partial charge < -0.3 is 10.6 Å². The van der Waals surface area contributed by atoms with Crippen LogP contribution in [0.1, 0.15) is 24.1 Å². The van der Waals surface area contributed by atoms with E-state index in [1.807, 2.05) is 43.3 Å². The van der Waals surface area contributed by atoms with Crippen molar-refractivity contribution in [1.29, 1.82) is 5.26 Å². The van der Waals surface area contributed by atoms with Crippen LogP contribution in [0.4, 0.5) is 5.69 Å². The lowest BCUT2D eigenvalue weighted by molar-refractivity contribution is -0.115. The van der Waals surface area contributed by atoms with E-state index in [1.54, 1.807) is 24.3 Å². The highest BCUT2D eigenvalue weighted by molar-refractivity contribution is 5.92. The van der Waals surface area contributed by atoms with Gasteiger partial charge in [-0.2, -0.15) is 5.26 Å². The van der Waals surface area contributed by atoms with Crippen LogP contribution in [0.15, 0.2) is 54.6 Å². The minimum Gasteiger partial charge on any atom is -0.325 e. The molecule has 0 heterocycles. The van der Waals surface area contributed by atoms with Crippen LogP contribution in [0, 0.1) is 11.3 Å². The number of nitriles is 1. The summed E-state index contributed by atoms with van der Waals surface area (Å²) in [6, 6.07) is 19.0. The number of carbonyl (C=O) groups excluding carboxylic acids is 1. The van der Waals surface area contributed by atoms with Crippen molar-refractivity contribution in [3.8, 4) is 6.07 Å². The average Bonchev–Trinajstić information content (AvgIpc) is 2.53. The number of rotatable bonds is 5. The van der Waals surface area contributed by atoms with E-state index in [4.69, 9.17) is 5.26 Å². The topological polar surface area (TPSA) is 64.9 Å². The number of nitrogens with one attached hydrogen (secondary N) is 2. The van der Waals surface area contributed by atoms with E-state index in [9.17, 15) is 4.79 Å². The Morgan fingerprint density at radius 1 is 1.19 bits per heavy atom. The van der Waals surface area contributed by atoms with Gasteiger partial charge in [-0.3, -0.25) is 4.79 Å². The summed E-state index contributed by atoms with van der Waals surface area (Å²) in [6.07, 6.45) is 0. The zero-order valence-electron chi connectivity index (χ0n) is 11.8. The molecule has 0 saturated heterocycles. The Labute approximate surface area is 124 Å². The summed E-state index contributed by atoms with van der Waals surface area (Å²) < 4.78 is 0. The Morgan fingerprint density at radius 3 is 2.67 bits per heavy atom. The monoisotopic (exact) mass is 279 g/mol. The second kappa shape index (κ2) is 7.22. The molecule has 0 aromatic heterocycles. The molecule has 4 nitrogen and oxygen atoms in total. The Balaban J connectivity index is 1.86. The molecule has 21 heavy (non-hydrogen) atoms. The zero-order valence-corrected chi connectivity index (χ0v) is 11.8. The lowest BCUT2D eigenvalue weighted by Crippen LogP contribution is -2.30. The van der Waals surface area contributed by atoms with Crippen molar-refractivity contribution in [2.75, 3.05) is 11.9 Å². The molecule has 0 bridgehead atoms. The highest BCUT2D eigenvalue weighted by Crippen LogP contribution is 2.11. The SMILES string of the molecule is C[C@@H](NCC(=O)Nc1cccc(C#N)c1)c1ccccc1. The molecule has 1 amide bonds. The van der Waals surface area contributed by atoms with Crippen LogP contribution < -0.4 is 10.6 Å². The summed E-state index contributed by atoms with van der Waals surface area (Å²) in [7, 11) is 0. The summed E-state index contributed by atoms with van der Waals surface area (Å²) in [4.78, 5) is 11.9. The molecule has 2 rings (SSSR count). The predicted octanol–water partition coefficient (Wildman–Crippen LogP) is 2.85. The van der Waals surface area contributed by atoms with Crippen LogP contribution in [-0.2, 0) is 4.79 Å². The van der Waals surface area contributed by atoms with E-state index in [0.717, 1.165) is 5.56 Å². The second-order valence-corrected chi connectivity index (χ2v) is 4.75. The lowest BCUT2D eigenvalue weighted by Gasteiger charge is -2.14. The van der Waals surface area contributed by atoms with Gasteiger partial charge in [-0.25, -0.2) is 0 Å². The van der Waals surface area contributed by atoms with Gasteiger partial charge in [0.05, 0.1) is 18.2 Å². The molecule has 0 fully saturated rings. The van der Waals surface area contributed by atoms with Gasteiger partial charge in [-0.15, -0.1) is 0 Å². The first-order valence-electron chi connectivity index (χ1n) is 6.77. The molecule has 2 aromatic carbocycles. The summed E-state index contributed by atoms with van der Waals surface area (Å²) in [5.41, 5.74) is 2.29. The number of benzene rings is 2. The molecular weight excluding hydrogens is 262 g/mol. The number of carbonyl (C=O) groups is 1.